The van der Waals surface area contributed by atoms with Crippen molar-refractivity contribution >= 4 is 11.6 Å². The second-order valence-electron chi connectivity index (χ2n) is 9.88. The minimum atomic E-state index is -4.37. The molecule has 5 nitrogen and oxygen atoms in total. The van der Waals surface area contributed by atoms with Gasteiger partial charge in [0.1, 0.15) is 6.04 Å². The number of hydrogen-bond acceptors (Lipinski definition) is 4. The summed E-state index contributed by atoms with van der Waals surface area (Å²) in [5.41, 5.74) is 1.72. The molecule has 0 aliphatic carbocycles. The fraction of sp³-hybridized carbons (Fsp3) is 0.387. The molecule has 3 rings (SSSR count). The number of halogens is 3. The fourth-order valence-corrected chi connectivity index (χ4v) is 4.34. The van der Waals surface area contributed by atoms with Crippen molar-refractivity contribution in [3.8, 4) is 11.5 Å². The maximum absolute atomic E-state index is 13.3. The highest BCUT2D eigenvalue weighted by molar-refractivity contribution is 5.86. The zero-order chi connectivity index (χ0) is 28.6. The third kappa shape index (κ3) is 8.40. The maximum Gasteiger partial charge on any atom is 0.416 e. The maximum atomic E-state index is 13.3. The Labute approximate surface area is 228 Å². The molecule has 0 saturated heterocycles. The number of hydrogen-bond donors (Lipinski definition) is 1. The fourth-order valence-electron chi connectivity index (χ4n) is 4.34. The highest BCUT2D eigenvalue weighted by atomic mass is 19.4. The van der Waals surface area contributed by atoms with E-state index in [4.69, 9.17) is 9.47 Å². The molecule has 0 radical (unpaired) electrons. The number of carbonyl (C=O) groups excluding carboxylic acids is 1. The number of benzene rings is 3. The van der Waals surface area contributed by atoms with E-state index in [1.54, 1.807) is 7.05 Å². The summed E-state index contributed by atoms with van der Waals surface area (Å²) in [4.78, 5) is 15.3. The van der Waals surface area contributed by atoms with Gasteiger partial charge in [-0.1, -0.05) is 42.5 Å². The molecule has 0 aliphatic heterocycles. The Morgan fingerprint density at radius 2 is 1.49 bits per heavy atom. The number of rotatable bonds is 12. The number of anilines is 1. The normalized spacial score (nSPS) is 12.4. The molecule has 1 atom stereocenters. The molecule has 1 N–H and O–H groups in total. The Hall–Kier alpha value is -3.68. The number of carbonyl (C=O) groups is 1. The smallest absolute Gasteiger partial charge is 0.416 e. The van der Waals surface area contributed by atoms with E-state index in [2.05, 4.69) is 5.32 Å². The summed E-state index contributed by atoms with van der Waals surface area (Å²) in [7, 11) is 1.60. The number of ether oxygens (including phenoxy) is 2. The standard InChI is InChI=1S/C31H37F3N2O3/c1-21(2)38-27-18-17-26(20-28(27)39-22(3)4)36(29(30(37)35-5)24-11-7-6-8-12-24)19-9-10-23-13-15-25(16-14-23)31(32,33)34/h6-8,11-18,20-22,29H,9-10,19H2,1-5H3,(H,35,37). The summed E-state index contributed by atoms with van der Waals surface area (Å²) in [6, 6.07) is 19.7. The summed E-state index contributed by atoms with van der Waals surface area (Å²) in [5.74, 6) is 1.01. The van der Waals surface area contributed by atoms with Crippen molar-refractivity contribution in [1.29, 1.82) is 0 Å². The molecule has 210 valence electrons. The lowest BCUT2D eigenvalue weighted by molar-refractivity contribution is -0.137. The number of nitrogens with one attached hydrogen (secondary N) is 1. The molecule has 39 heavy (non-hydrogen) atoms. The van der Waals surface area contributed by atoms with E-state index in [1.807, 2.05) is 81.1 Å². The second-order valence-corrected chi connectivity index (χ2v) is 9.88. The van der Waals surface area contributed by atoms with Crippen LogP contribution in [0.15, 0.2) is 72.8 Å². The Balaban J connectivity index is 1.97. The van der Waals surface area contributed by atoms with Crippen molar-refractivity contribution in [3.05, 3.63) is 89.5 Å². The second kappa shape index (κ2) is 13.4. The van der Waals surface area contributed by atoms with Gasteiger partial charge in [0.15, 0.2) is 11.5 Å². The summed E-state index contributed by atoms with van der Waals surface area (Å²) in [5, 5.41) is 2.78. The third-order valence-electron chi connectivity index (χ3n) is 6.05. The van der Waals surface area contributed by atoms with Crippen molar-refractivity contribution in [1.82, 2.24) is 5.32 Å². The largest absolute Gasteiger partial charge is 0.487 e. The van der Waals surface area contributed by atoms with Gasteiger partial charge < -0.3 is 19.7 Å². The van der Waals surface area contributed by atoms with E-state index in [0.29, 0.717) is 30.9 Å². The van der Waals surface area contributed by atoms with Crippen molar-refractivity contribution < 1.29 is 27.4 Å². The molecule has 1 unspecified atom stereocenters. The summed E-state index contributed by atoms with van der Waals surface area (Å²) in [6.45, 7) is 8.23. The van der Waals surface area contributed by atoms with Crippen LogP contribution in [0.25, 0.3) is 0 Å². The van der Waals surface area contributed by atoms with Crippen LogP contribution >= 0.6 is 0 Å². The first kappa shape index (κ1) is 29.9. The first-order valence-electron chi connectivity index (χ1n) is 13.2. The molecule has 1 amide bonds. The van der Waals surface area contributed by atoms with Gasteiger partial charge in [0.25, 0.3) is 0 Å². The van der Waals surface area contributed by atoms with E-state index in [0.717, 1.165) is 28.9 Å². The zero-order valence-corrected chi connectivity index (χ0v) is 23.1. The molecule has 0 heterocycles. The van der Waals surface area contributed by atoms with E-state index in [-0.39, 0.29) is 18.1 Å². The third-order valence-corrected chi connectivity index (χ3v) is 6.05. The van der Waals surface area contributed by atoms with Gasteiger partial charge in [0.05, 0.1) is 17.8 Å². The summed E-state index contributed by atoms with van der Waals surface area (Å²) in [6.07, 6.45) is -3.35. The van der Waals surface area contributed by atoms with Crippen molar-refractivity contribution in [2.75, 3.05) is 18.5 Å². The minimum absolute atomic E-state index is 0.0480. The average molecular weight is 543 g/mol. The van der Waals surface area contributed by atoms with Gasteiger partial charge >= 0.3 is 6.18 Å². The van der Waals surface area contributed by atoms with Crippen molar-refractivity contribution in [2.24, 2.45) is 0 Å². The molecule has 8 heteroatoms. The lowest BCUT2D eigenvalue weighted by atomic mass is 10.0. The zero-order valence-electron chi connectivity index (χ0n) is 23.1. The molecule has 0 aromatic heterocycles. The quantitative estimate of drug-likeness (QED) is 0.263. The molecule has 3 aromatic rings. The molecular formula is C31H37F3N2O3. The number of amides is 1. The predicted octanol–water partition coefficient (Wildman–Crippen LogP) is 7.21. The first-order chi connectivity index (χ1) is 18.5. The number of alkyl halides is 3. The molecule has 0 bridgehead atoms. The first-order valence-corrected chi connectivity index (χ1v) is 13.2. The topological polar surface area (TPSA) is 50.8 Å². The highest BCUT2D eigenvalue weighted by Gasteiger charge is 2.30. The van der Waals surface area contributed by atoms with Gasteiger partial charge in [-0.15, -0.1) is 0 Å². The average Bonchev–Trinajstić information content (AvgIpc) is 2.88. The number of likely N-dealkylation sites (N-methyl/N-ethyl adjacent to an activating group) is 1. The minimum Gasteiger partial charge on any atom is -0.487 e. The van der Waals surface area contributed by atoms with Crippen LogP contribution in [0.3, 0.4) is 0 Å². The Morgan fingerprint density at radius 1 is 0.872 bits per heavy atom. The van der Waals surface area contributed by atoms with Crippen LogP contribution in [0.4, 0.5) is 18.9 Å². The Kier molecular flexibility index (Phi) is 10.3. The summed E-state index contributed by atoms with van der Waals surface area (Å²) < 4.78 is 51.0. The van der Waals surface area contributed by atoms with E-state index in [9.17, 15) is 18.0 Å². The van der Waals surface area contributed by atoms with Crippen molar-refractivity contribution in [3.63, 3.8) is 0 Å². The molecule has 0 aliphatic rings. The van der Waals surface area contributed by atoms with Gasteiger partial charge in [-0.05, 0) is 75.9 Å². The monoisotopic (exact) mass is 542 g/mol. The van der Waals surface area contributed by atoms with Crippen LogP contribution in [-0.4, -0.2) is 31.7 Å². The predicted molar refractivity (Wildman–Crippen MR) is 148 cm³/mol. The van der Waals surface area contributed by atoms with Crippen molar-refractivity contribution in [2.45, 2.75) is 65.0 Å². The number of aryl methyl sites for hydroxylation is 1. The van der Waals surface area contributed by atoms with Crippen LogP contribution < -0.4 is 19.7 Å². The van der Waals surface area contributed by atoms with Crippen LogP contribution in [0, 0.1) is 0 Å². The van der Waals surface area contributed by atoms with Crippen LogP contribution in [0.5, 0.6) is 11.5 Å². The lowest BCUT2D eigenvalue weighted by Gasteiger charge is -2.33. The Morgan fingerprint density at radius 3 is 2.05 bits per heavy atom. The van der Waals surface area contributed by atoms with Gasteiger partial charge in [-0.3, -0.25) is 4.79 Å². The molecule has 0 fully saturated rings. The van der Waals surface area contributed by atoms with Crippen LogP contribution in [-0.2, 0) is 17.4 Å². The van der Waals surface area contributed by atoms with Gasteiger partial charge in [0.2, 0.25) is 5.91 Å². The molecule has 0 saturated carbocycles. The number of nitrogens with zero attached hydrogens (tertiary/aromatic N) is 1. The highest BCUT2D eigenvalue weighted by Crippen LogP contribution is 2.37. The summed E-state index contributed by atoms with van der Waals surface area (Å²) >= 11 is 0. The van der Waals surface area contributed by atoms with Crippen LogP contribution in [0.2, 0.25) is 0 Å². The van der Waals surface area contributed by atoms with Gasteiger partial charge in [-0.25, -0.2) is 0 Å². The van der Waals surface area contributed by atoms with E-state index < -0.39 is 17.8 Å². The molecular weight excluding hydrogens is 505 g/mol. The molecule has 3 aromatic carbocycles. The Bertz CT molecular complexity index is 1200. The van der Waals surface area contributed by atoms with Crippen LogP contribution in [0.1, 0.15) is 56.8 Å². The lowest BCUT2D eigenvalue weighted by Crippen LogP contribution is -2.40. The SMILES string of the molecule is CNC(=O)C(c1ccccc1)N(CCCc1ccc(C(F)(F)F)cc1)c1ccc(OC(C)C)c(OC(C)C)c1. The molecule has 0 spiro atoms. The van der Waals surface area contributed by atoms with Gasteiger partial charge in [-0.2, -0.15) is 13.2 Å². The van der Waals surface area contributed by atoms with Gasteiger partial charge in [0, 0.05) is 25.3 Å². The van der Waals surface area contributed by atoms with E-state index in [1.165, 1.54) is 12.1 Å². The van der Waals surface area contributed by atoms with E-state index >= 15 is 0 Å².